The molecule has 0 bridgehead atoms. The van der Waals surface area contributed by atoms with E-state index in [0.29, 0.717) is 166 Å². The largest absolute Gasteiger partial charge is 0.490 e. The van der Waals surface area contributed by atoms with Crippen LogP contribution in [0.3, 0.4) is 0 Å². The monoisotopic (exact) mass is 1950 g/mol. The predicted octanol–water partition coefficient (Wildman–Crippen LogP) is 15.6. The number of carboxylic acids is 1. The minimum Gasteiger partial charge on any atom is -0.490 e. The molecule has 4 amide bonds. The molecule has 0 unspecified atom stereocenters. The molecule has 5 saturated heterocycles. The number of benzene rings is 1. The van der Waals surface area contributed by atoms with Crippen LogP contribution in [0.2, 0.25) is 0 Å². The van der Waals surface area contributed by atoms with Gasteiger partial charge in [-0.3, -0.25) is 47.5 Å². The summed E-state index contributed by atoms with van der Waals surface area (Å²) < 4.78 is 127. The van der Waals surface area contributed by atoms with Gasteiger partial charge in [0.2, 0.25) is 23.6 Å². The van der Waals surface area contributed by atoms with Gasteiger partial charge in [0.1, 0.15) is 12.4 Å². The lowest BCUT2D eigenvalue weighted by molar-refractivity contribution is -0.141. The first-order valence-corrected chi connectivity index (χ1v) is 43.2. The third kappa shape index (κ3) is 49.1. The second-order valence-electron chi connectivity index (χ2n) is 33.9. The normalized spacial score (nSPS) is 20.4. The van der Waals surface area contributed by atoms with Crippen molar-refractivity contribution in [2.75, 3.05) is 98.8 Å². The molecule has 0 spiro atoms. The number of halogens is 9. The molecule has 8 atom stereocenters. The molecule has 5 aliphatic heterocycles. The molecule has 3 aliphatic carbocycles. The number of hydrogen-bond acceptors (Lipinski definition) is 15. The van der Waals surface area contributed by atoms with Gasteiger partial charge in [-0.15, -0.1) is 19.7 Å². The molecule has 9 rings (SSSR count). The summed E-state index contributed by atoms with van der Waals surface area (Å²) in [6.07, 6.45) is 24.2. The maximum atomic E-state index is 14.1. The number of nitrogens with one attached hydrogen (secondary N) is 3. The Balaban J connectivity index is -0.000000821. The molecule has 1 aromatic rings. The number of piperidine rings is 4. The smallest absolute Gasteiger partial charge is 0.306 e. The fraction of sp³-hybridized carbons (Fsp3) is 0.742. The number of Topliss-reactive ketones (excluding diaryl/α,β-unsaturated/α-hetero) is 4. The van der Waals surface area contributed by atoms with Crippen molar-refractivity contribution in [3.8, 4) is 5.75 Å². The number of ketones is 4. The van der Waals surface area contributed by atoms with Crippen LogP contribution in [0.4, 0.5) is 39.5 Å². The van der Waals surface area contributed by atoms with Crippen LogP contribution in [-0.2, 0) is 49.6 Å². The lowest BCUT2D eigenvalue weighted by atomic mass is 9.90. The van der Waals surface area contributed by atoms with Gasteiger partial charge in [-0.25, -0.2) is 35.1 Å². The van der Waals surface area contributed by atoms with Gasteiger partial charge in [0.25, 0.3) is 23.7 Å². The van der Waals surface area contributed by atoms with E-state index >= 15 is 0 Å². The van der Waals surface area contributed by atoms with E-state index in [2.05, 4.69) is 42.3 Å². The fourth-order valence-corrected chi connectivity index (χ4v) is 16.6. The van der Waals surface area contributed by atoms with Crippen LogP contribution in [0.1, 0.15) is 233 Å². The maximum absolute atomic E-state index is 14.1. The zero-order valence-corrected chi connectivity index (χ0v) is 82.2. The van der Waals surface area contributed by atoms with Crippen molar-refractivity contribution in [1.82, 2.24) is 40.4 Å². The molecule has 20 nitrogen and oxygen atoms in total. The molecule has 8 fully saturated rings. The van der Waals surface area contributed by atoms with E-state index in [1.807, 2.05) is 50.8 Å². The van der Waals surface area contributed by atoms with E-state index in [4.69, 9.17) is 16.9 Å². The number of likely N-dealkylation sites (tertiary alicyclic amines) is 5. The number of carboxylic acid groups (broad SMARTS) is 1. The predicted molar refractivity (Wildman–Crippen MR) is 524 cm³/mol. The van der Waals surface area contributed by atoms with Crippen LogP contribution >= 0.6 is 108 Å². The summed E-state index contributed by atoms with van der Waals surface area (Å²) in [5.74, 6) is -11.9. The molecule has 37 heteroatoms. The first-order chi connectivity index (χ1) is 56.5. The second kappa shape index (κ2) is 67.2. The SMILES string of the molecule is C=CCOc1cccc(C[C@@H](C(=O)C[C@@H](CCN2CCC(F)(F)CC2)C(=O)N[C@@H](CC=C)C(=O)CC2CCCC2)N2CCCC2=O)c1.C=CC[C@H](NC(=O)[C@@H](C)CCN1CCC(F)(F)CC1)C(=O)CC1CCCC1.C=CC[C@H](NC(=O)[C@@H](N)CCN1CCC(F)(F)CC1)C(=O)CC1CCCC1.C[C@@H](CCN1CCC(F)(F)CC1)C(=O)O.S.S.S.S.S.S.S.S.[2H]CF. The summed E-state index contributed by atoms with van der Waals surface area (Å²) in [7, 11) is -1.00. The van der Waals surface area contributed by atoms with E-state index in [1.165, 1.54) is 25.7 Å². The van der Waals surface area contributed by atoms with Gasteiger partial charge in [0.15, 0.2) is 23.1 Å². The maximum Gasteiger partial charge on any atom is 0.306 e. The fourth-order valence-electron chi connectivity index (χ4n) is 16.6. The number of alkyl halides is 9. The Hall–Kier alpha value is -4.02. The van der Waals surface area contributed by atoms with Crippen LogP contribution in [-0.4, -0.2) is 235 Å². The van der Waals surface area contributed by atoms with Gasteiger partial charge in [0, 0.05) is 167 Å². The van der Waals surface area contributed by atoms with Crippen molar-refractivity contribution in [2.24, 2.45) is 41.2 Å². The van der Waals surface area contributed by atoms with Crippen molar-refractivity contribution < 1.29 is 93.9 Å². The number of amides is 4. The lowest BCUT2D eigenvalue weighted by Crippen LogP contribution is -2.50. The highest BCUT2D eigenvalue weighted by Gasteiger charge is 2.41. The van der Waals surface area contributed by atoms with Crippen LogP contribution in [0.25, 0.3) is 0 Å². The van der Waals surface area contributed by atoms with Crippen LogP contribution in [0.5, 0.6) is 5.75 Å². The number of carbonyl (C=O) groups is 9. The molecule has 8 aliphatic rings. The van der Waals surface area contributed by atoms with Crippen LogP contribution in [0, 0.1) is 35.5 Å². The molecule has 732 valence electrons. The average molecular weight is 1950 g/mol. The number of rotatable bonds is 43. The number of hydrogen-bond donors (Lipinski definition) is 5. The topological polar surface area (TPSA) is 261 Å². The molecular formula is C89H154F9N9O11S8. The van der Waals surface area contributed by atoms with E-state index in [9.17, 15) is 82.7 Å². The van der Waals surface area contributed by atoms with Crippen molar-refractivity contribution in [3.05, 3.63) is 80.4 Å². The zero-order chi connectivity index (χ0) is 87.7. The summed E-state index contributed by atoms with van der Waals surface area (Å²) in [4.78, 5) is 124. The standard InChI is InChI=1S/C37H51F2N3O5.C21H34F2N2O2.C20H33F2N3O2.C10H17F2NO2.CH3F.8H2S/c1-3-9-31(33(43)25-27-10-5-6-11-27)40-36(46)29(15-19-41-20-16-37(38,39)17-21-41)26-34(44)32(42-18-8-14-35(42)45)24-28-12-7-13-30(23-28)47-22-4-2;1-3-6-18(19(26)15-17-7-4-5-8-17)24-20(27)16(2)9-12-25-13-10-21(22,23)11-14-25;1-2-5-17(18(26)14-15-6-3-4-7-15)24-19(27)16(23)8-11-25-12-9-20(21,22)10-13-25;1-8(9(14)15)2-5-13-6-3-10(11,12)4-7-13;1-2;;;;;;;;/h3-4,7,12-13,23,27,29,31-32H,1-2,5-6,8-11,14-22,24-26H2,(H,40,46);3,16-18H,1,4-15H2,2H3,(H,24,27);2,15-17H,1,3-14,23H2,(H,24,27);8H,2-7H2,1H3,(H,14,15);1H3;8*1H2/t29-,31+,32+;16-,18-;16-,17-;8-;;;;;;;;;/m1000........./s1/i;;;;1D;;;;;;;;. The van der Waals surface area contributed by atoms with Gasteiger partial charge in [-0.05, 0) is 106 Å². The molecule has 6 N–H and O–H groups in total. The Bertz CT molecular complexity index is 3260. The summed E-state index contributed by atoms with van der Waals surface area (Å²) in [5.41, 5.74) is 6.79. The highest BCUT2D eigenvalue weighted by molar-refractivity contribution is 7.60. The Morgan fingerprint density at radius 2 is 0.841 bits per heavy atom. The first kappa shape index (κ1) is 126. The summed E-state index contributed by atoms with van der Waals surface area (Å²) in [6.45, 7) is 23.8. The third-order valence-electron chi connectivity index (χ3n) is 24.5. The Kier molecular flexibility index (Phi) is 67.3. The first-order valence-electron chi connectivity index (χ1n) is 43.9. The van der Waals surface area contributed by atoms with Gasteiger partial charge < -0.3 is 56.0 Å². The van der Waals surface area contributed by atoms with Gasteiger partial charge in [-0.1, -0.05) is 134 Å². The quantitative estimate of drug-likeness (QED) is 0.0301. The van der Waals surface area contributed by atoms with E-state index in [-0.39, 0.29) is 245 Å². The number of nitrogens with two attached hydrogens (primary N) is 1. The molecule has 0 aromatic heterocycles. The van der Waals surface area contributed by atoms with Crippen molar-refractivity contribution in [2.45, 2.75) is 286 Å². The highest BCUT2D eigenvalue weighted by atomic mass is 32.1. The van der Waals surface area contributed by atoms with Gasteiger partial charge in [-0.2, -0.15) is 108 Å². The van der Waals surface area contributed by atoms with Crippen LogP contribution < -0.4 is 26.4 Å². The molecule has 5 heterocycles. The summed E-state index contributed by atoms with van der Waals surface area (Å²) >= 11 is 0. The minimum atomic E-state index is -2.69. The molecule has 0 radical (unpaired) electrons. The Labute approximate surface area is 802 Å². The lowest BCUT2D eigenvalue weighted by Gasteiger charge is -2.33. The minimum absolute atomic E-state index is 0. The van der Waals surface area contributed by atoms with E-state index in [1.54, 1.807) is 36.1 Å². The molecule has 1 aromatic carbocycles. The average Bonchev–Trinajstić information content (AvgIpc) is 1.76. The summed E-state index contributed by atoms with van der Waals surface area (Å²) in [5, 5.41) is 17.3. The van der Waals surface area contributed by atoms with Crippen molar-refractivity contribution in [3.63, 3.8) is 0 Å². The molecule has 3 saturated carbocycles. The molecule has 126 heavy (non-hydrogen) atoms. The van der Waals surface area contributed by atoms with Crippen molar-refractivity contribution in [1.29, 1.82) is 0 Å². The van der Waals surface area contributed by atoms with Gasteiger partial charge in [0.05, 0.1) is 44.7 Å². The van der Waals surface area contributed by atoms with Crippen LogP contribution in [0.15, 0.2) is 74.9 Å². The molecular weight excluding hydrogens is 1800 g/mol. The summed E-state index contributed by atoms with van der Waals surface area (Å²) in [6, 6.07) is 4.06. The second-order valence-corrected chi connectivity index (χ2v) is 33.9. The highest BCUT2D eigenvalue weighted by Crippen LogP contribution is 2.35. The Morgan fingerprint density at radius 1 is 0.500 bits per heavy atom. The Morgan fingerprint density at radius 3 is 1.18 bits per heavy atom. The van der Waals surface area contributed by atoms with Crippen molar-refractivity contribution >= 4 is 161 Å². The number of aliphatic carboxylic acids is 1. The zero-order valence-electron chi connectivity index (χ0n) is 75.2. The van der Waals surface area contributed by atoms with E-state index < -0.39 is 84.8 Å². The number of carbonyl (C=O) groups excluding carboxylic acids is 8. The third-order valence-corrected chi connectivity index (χ3v) is 24.5. The number of nitrogens with zero attached hydrogens (tertiary/aromatic N) is 5. The van der Waals surface area contributed by atoms with Gasteiger partial charge >= 0.3 is 5.97 Å². The van der Waals surface area contributed by atoms with E-state index in [0.717, 1.165) is 56.9 Å². The number of ether oxygens (including phenoxy) is 1.